The maximum atomic E-state index is 13.9. The number of carbonyl (C=O) groups excluding carboxylic acids is 2. The quantitative estimate of drug-likeness (QED) is 0.659. The lowest BCUT2D eigenvalue weighted by Crippen LogP contribution is -2.45. The summed E-state index contributed by atoms with van der Waals surface area (Å²) in [6, 6.07) is 10.2. The molecule has 3 aliphatic rings. The van der Waals surface area contributed by atoms with Crippen LogP contribution in [0.5, 0.6) is 11.5 Å². The van der Waals surface area contributed by atoms with E-state index in [4.69, 9.17) is 9.47 Å². The molecular weight excluding hydrogens is 449 g/mol. The molecule has 0 aromatic heterocycles. The first-order valence-corrected chi connectivity index (χ1v) is 12.2. The predicted octanol–water partition coefficient (Wildman–Crippen LogP) is 4.92. The zero-order valence-corrected chi connectivity index (χ0v) is 20.2. The lowest BCUT2D eigenvalue weighted by atomic mass is 9.70. The van der Waals surface area contributed by atoms with E-state index in [1.165, 1.54) is 18.2 Å². The summed E-state index contributed by atoms with van der Waals surface area (Å²) in [5, 5.41) is 10.2. The topological polar surface area (TPSA) is 76.1 Å². The van der Waals surface area contributed by atoms with E-state index in [0.29, 0.717) is 23.7 Å². The Hall–Kier alpha value is -3.35. The number of carbonyl (C=O) groups is 2. The second kappa shape index (κ2) is 9.02. The van der Waals surface area contributed by atoms with Crippen LogP contribution in [0.1, 0.15) is 50.8 Å². The fraction of sp³-hybridized carbons (Fsp3) is 0.429. The summed E-state index contributed by atoms with van der Waals surface area (Å²) in [6.45, 7) is 6.58. The third kappa shape index (κ3) is 4.07. The smallest absolute Gasteiger partial charge is 0.290 e. The highest BCUT2D eigenvalue weighted by Gasteiger charge is 2.54. The Morgan fingerprint density at radius 1 is 1.11 bits per heavy atom. The van der Waals surface area contributed by atoms with Gasteiger partial charge in [-0.25, -0.2) is 4.39 Å². The minimum atomic E-state index is -0.691. The van der Waals surface area contributed by atoms with E-state index in [1.807, 2.05) is 6.92 Å². The zero-order valence-electron chi connectivity index (χ0n) is 20.2. The average molecular weight is 480 g/mol. The van der Waals surface area contributed by atoms with Crippen molar-refractivity contribution >= 4 is 11.7 Å². The molecule has 0 radical (unpaired) electrons. The Bertz CT molecular complexity index is 1190. The fourth-order valence-corrected chi connectivity index (χ4v) is 5.89. The normalized spacial score (nSPS) is 28.0. The Labute approximate surface area is 204 Å². The molecule has 2 aromatic rings. The number of Topliss-reactive ketones (excluding diaryl/α,β-unsaturated/α-hetero) is 1. The van der Waals surface area contributed by atoms with E-state index in [-0.39, 0.29) is 59.3 Å². The molecule has 2 heterocycles. The summed E-state index contributed by atoms with van der Waals surface area (Å²) in [5.41, 5.74) is 1.76. The first-order valence-electron chi connectivity index (χ1n) is 12.2. The first-order chi connectivity index (χ1) is 16.8. The molecule has 7 heteroatoms. The minimum Gasteiger partial charge on any atom is -0.504 e. The van der Waals surface area contributed by atoms with Crippen LogP contribution in [-0.2, 0) is 20.9 Å². The molecule has 5 atom stereocenters. The standard InChI is InChI=1S/C28H30FNO5/c1-4-34-22-13-18(7-10-21(22)31)24-23-25(32)20-12-15(2)11-16(3)26(20)35-27(23)28(33)30(24)14-17-5-8-19(29)9-6-17/h5-10,13,15-16,20,24,26,31H,4,11-12,14H2,1-3H3. The summed E-state index contributed by atoms with van der Waals surface area (Å²) in [6.07, 6.45) is 1.36. The van der Waals surface area contributed by atoms with Gasteiger partial charge in [0, 0.05) is 6.54 Å². The van der Waals surface area contributed by atoms with E-state index < -0.39 is 6.04 Å². The zero-order chi connectivity index (χ0) is 24.9. The van der Waals surface area contributed by atoms with Crippen LogP contribution in [-0.4, -0.2) is 34.4 Å². The van der Waals surface area contributed by atoms with Crippen molar-refractivity contribution in [2.45, 2.75) is 52.3 Å². The highest BCUT2D eigenvalue weighted by Crippen LogP contribution is 2.50. The Kier molecular flexibility index (Phi) is 6.03. The lowest BCUT2D eigenvalue weighted by molar-refractivity contribution is -0.139. The molecule has 0 spiro atoms. The van der Waals surface area contributed by atoms with Gasteiger partial charge in [0.1, 0.15) is 11.9 Å². The summed E-state index contributed by atoms with van der Waals surface area (Å²) in [7, 11) is 0. The lowest BCUT2D eigenvalue weighted by Gasteiger charge is -2.41. The second-order valence-corrected chi connectivity index (χ2v) is 9.97. The Morgan fingerprint density at radius 3 is 2.57 bits per heavy atom. The van der Waals surface area contributed by atoms with E-state index in [2.05, 4.69) is 13.8 Å². The molecule has 1 saturated carbocycles. The number of phenolic OH excluding ortho intramolecular Hbond substituents is 1. The number of halogens is 1. The number of aromatic hydroxyl groups is 1. The highest BCUT2D eigenvalue weighted by atomic mass is 19.1. The van der Waals surface area contributed by atoms with Gasteiger partial charge in [0.2, 0.25) is 0 Å². The van der Waals surface area contributed by atoms with Crippen molar-refractivity contribution in [2.75, 3.05) is 6.61 Å². The first kappa shape index (κ1) is 23.4. The van der Waals surface area contributed by atoms with Crippen molar-refractivity contribution < 1.29 is 28.6 Å². The number of rotatable bonds is 5. The van der Waals surface area contributed by atoms with Crippen molar-refractivity contribution in [1.29, 1.82) is 0 Å². The van der Waals surface area contributed by atoms with E-state index >= 15 is 0 Å². The summed E-state index contributed by atoms with van der Waals surface area (Å²) < 4.78 is 25.4. The Balaban J connectivity index is 1.60. The van der Waals surface area contributed by atoms with E-state index in [0.717, 1.165) is 18.4 Å². The van der Waals surface area contributed by atoms with Gasteiger partial charge in [-0.1, -0.05) is 32.0 Å². The fourth-order valence-electron chi connectivity index (χ4n) is 5.89. The molecule has 6 nitrogen and oxygen atoms in total. The van der Waals surface area contributed by atoms with Crippen LogP contribution in [0.4, 0.5) is 4.39 Å². The van der Waals surface area contributed by atoms with Crippen LogP contribution in [0.3, 0.4) is 0 Å². The predicted molar refractivity (Wildman–Crippen MR) is 127 cm³/mol. The van der Waals surface area contributed by atoms with Crippen LogP contribution >= 0.6 is 0 Å². The number of hydrogen-bond acceptors (Lipinski definition) is 5. The molecule has 1 amide bonds. The van der Waals surface area contributed by atoms with Crippen molar-refractivity contribution in [3.05, 3.63) is 70.7 Å². The summed E-state index contributed by atoms with van der Waals surface area (Å²) in [4.78, 5) is 29.2. The molecule has 0 bridgehead atoms. The van der Waals surface area contributed by atoms with Crippen LogP contribution < -0.4 is 4.74 Å². The third-order valence-corrected chi connectivity index (χ3v) is 7.39. The number of phenols is 1. The highest BCUT2D eigenvalue weighted by molar-refractivity contribution is 6.11. The van der Waals surface area contributed by atoms with Gasteiger partial charge in [-0.2, -0.15) is 0 Å². The molecule has 1 aliphatic carbocycles. The number of ketones is 1. The molecule has 5 unspecified atom stereocenters. The molecule has 1 N–H and O–H groups in total. The molecule has 2 aromatic carbocycles. The van der Waals surface area contributed by atoms with E-state index in [1.54, 1.807) is 29.2 Å². The molecular formula is C28H30FNO5. The number of fused-ring (bicyclic) bond motifs is 1. The van der Waals surface area contributed by atoms with Crippen LogP contribution in [0.2, 0.25) is 0 Å². The van der Waals surface area contributed by atoms with Crippen LogP contribution in [0, 0.1) is 23.6 Å². The van der Waals surface area contributed by atoms with Crippen molar-refractivity contribution in [1.82, 2.24) is 4.90 Å². The van der Waals surface area contributed by atoms with Gasteiger partial charge in [-0.3, -0.25) is 9.59 Å². The number of ether oxygens (including phenoxy) is 2. The molecule has 2 aliphatic heterocycles. The van der Waals surface area contributed by atoms with Gasteiger partial charge in [0.25, 0.3) is 5.91 Å². The van der Waals surface area contributed by atoms with Crippen molar-refractivity contribution in [3.8, 4) is 11.5 Å². The monoisotopic (exact) mass is 479 g/mol. The maximum Gasteiger partial charge on any atom is 0.290 e. The molecule has 35 heavy (non-hydrogen) atoms. The van der Waals surface area contributed by atoms with Crippen molar-refractivity contribution in [2.24, 2.45) is 17.8 Å². The van der Waals surface area contributed by atoms with Crippen molar-refractivity contribution in [3.63, 3.8) is 0 Å². The van der Waals surface area contributed by atoms with Crippen LogP contribution in [0.15, 0.2) is 53.8 Å². The number of nitrogens with zero attached hydrogens (tertiary/aromatic N) is 1. The van der Waals surface area contributed by atoms with E-state index in [9.17, 15) is 19.1 Å². The summed E-state index contributed by atoms with van der Waals surface area (Å²) in [5.74, 6) is -0.0921. The van der Waals surface area contributed by atoms with Gasteiger partial charge in [0.05, 0.1) is 24.1 Å². The average Bonchev–Trinajstić information content (AvgIpc) is 3.10. The molecule has 1 fully saturated rings. The Morgan fingerprint density at radius 2 is 1.86 bits per heavy atom. The second-order valence-electron chi connectivity index (χ2n) is 9.97. The molecule has 184 valence electrons. The number of hydrogen-bond donors (Lipinski definition) is 1. The summed E-state index contributed by atoms with van der Waals surface area (Å²) >= 11 is 0. The van der Waals surface area contributed by atoms with Gasteiger partial charge >= 0.3 is 0 Å². The van der Waals surface area contributed by atoms with Gasteiger partial charge in [-0.15, -0.1) is 0 Å². The number of amides is 1. The molecule has 0 saturated heterocycles. The van der Waals surface area contributed by atoms with Crippen LogP contribution in [0.25, 0.3) is 0 Å². The SMILES string of the molecule is CCOc1cc(C2C3=C(OC4C(C)CC(C)CC4C3=O)C(=O)N2Cc2ccc(F)cc2)ccc1O. The maximum absolute atomic E-state index is 13.9. The molecule has 5 rings (SSSR count). The van der Waals surface area contributed by atoms with Gasteiger partial charge < -0.3 is 19.5 Å². The number of benzene rings is 2. The minimum absolute atomic E-state index is 0.0135. The third-order valence-electron chi connectivity index (χ3n) is 7.39. The van der Waals surface area contributed by atoms with Gasteiger partial charge in [-0.05, 0) is 67.0 Å². The van der Waals surface area contributed by atoms with Gasteiger partial charge in [0.15, 0.2) is 23.0 Å². The largest absolute Gasteiger partial charge is 0.504 e.